The molecular formula is C30H32F3N5O4. The van der Waals surface area contributed by atoms with E-state index in [2.05, 4.69) is 20.2 Å². The van der Waals surface area contributed by atoms with Crippen LogP contribution in [0.1, 0.15) is 41.4 Å². The molecule has 2 aliphatic heterocycles. The first kappa shape index (κ1) is 29.3. The van der Waals surface area contributed by atoms with Crippen molar-refractivity contribution in [3.63, 3.8) is 0 Å². The van der Waals surface area contributed by atoms with Gasteiger partial charge < -0.3 is 24.6 Å². The van der Waals surface area contributed by atoms with Crippen LogP contribution in [0.5, 0.6) is 5.88 Å². The molecule has 0 aliphatic carbocycles. The summed E-state index contributed by atoms with van der Waals surface area (Å²) in [5.41, 5.74) is 2.28. The second-order valence-corrected chi connectivity index (χ2v) is 10.4. The van der Waals surface area contributed by atoms with Gasteiger partial charge in [0.25, 0.3) is 5.91 Å². The van der Waals surface area contributed by atoms with E-state index in [4.69, 9.17) is 9.47 Å². The first-order chi connectivity index (χ1) is 20.1. The number of carbonyl (C=O) groups excluding carboxylic acids is 2. The standard InChI is InChI=1S/C30H32F3N5O4/c1-19-26(16-24(18-34-19)36-28(40)21-4-3-5-23(14-21)30(31,32)33)22-15-27(38-10-12-41-13-11-38)29(35-17-22)42-25-6-8-37(9-7-25)20(2)39/h3-5,14-18,25H,6-13H2,1-2H3,(H,36,40). The highest BCUT2D eigenvalue weighted by atomic mass is 19.4. The topological polar surface area (TPSA) is 96.9 Å². The van der Waals surface area contributed by atoms with Crippen molar-refractivity contribution >= 4 is 23.2 Å². The second kappa shape index (κ2) is 12.4. The average molecular weight is 584 g/mol. The molecule has 12 heteroatoms. The first-order valence-corrected chi connectivity index (χ1v) is 13.8. The maximum Gasteiger partial charge on any atom is 0.416 e. The number of likely N-dealkylation sites (tertiary alicyclic amines) is 1. The lowest BCUT2D eigenvalue weighted by Crippen LogP contribution is -2.41. The number of alkyl halides is 3. The summed E-state index contributed by atoms with van der Waals surface area (Å²) in [4.78, 5) is 37.6. The number of amides is 2. The van der Waals surface area contributed by atoms with E-state index in [1.165, 1.54) is 18.3 Å². The number of nitrogens with one attached hydrogen (secondary N) is 1. The number of rotatable bonds is 6. The van der Waals surface area contributed by atoms with Crippen LogP contribution in [0, 0.1) is 6.92 Å². The number of halogens is 3. The monoisotopic (exact) mass is 583 g/mol. The SMILES string of the molecule is CC(=O)N1CCC(Oc2ncc(-c3cc(NC(=O)c4cccc(C(F)(F)F)c4)cnc3C)cc2N2CCOCC2)CC1. The highest BCUT2D eigenvalue weighted by molar-refractivity contribution is 6.04. The minimum absolute atomic E-state index is 0.0576. The summed E-state index contributed by atoms with van der Waals surface area (Å²) >= 11 is 0. The number of pyridine rings is 2. The Morgan fingerprint density at radius 1 is 1.02 bits per heavy atom. The molecule has 0 radical (unpaired) electrons. The third-order valence-corrected chi connectivity index (χ3v) is 7.46. The van der Waals surface area contributed by atoms with Gasteiger partial charge in [0, 0.05) is 74.5 Å². The normalized spacial score (nSPS) is 16.3. The van der Waals surface area contributed by atoms with Gasteiger partial charge in [0.1, 0.15) is 11.8 Å². The molecule has 9 nitrogen and oxygen atoms in total. The predicted octanol–water partition coefficient (Wildman–Crippen LogP) is 4.95. The minimum Gasteiger partial charge on any atom is -0.473 e. The molecule has 5 rings (SSSR count). The molecule has 0 unspecified atom stereocenters. The number of nitrogens with zero attached hydrogens (tertiary/aromatic N) is 4. The highest BCUT2D eigenvalue weighted by Crippen LogP contribution is 2.35. The maximum absolute atomic E-state index is 13.1. The molecule has 0 saturated carbocycles. The van der Waals surface area contributed by atoms with Crippen LogP contribution in [0.2, 0.25) is 0 Å². The first-order valence-electron chi connectivity index (χ1n) is 13.8. The van der Waals surface area contributed by atoms with Crippen molar-refractivity contribution in [2.24, 2.45) is 0 Å². The summed E-state index contributed by atoms with van der Waals surface area (Å²) in [7, 11) is 0. The van der Waals surface area contributed by atoms with Crippen LogP contribution in [0.15, 0.2) is 48.8 Å². The van der Waals surface area contributed by atoms with Crippen molar-refractivity contribution in [3.05, 3.63) is 65.6 Å². The molecule has 0 atom stereocenters. The predicted molar refractivity (Wildman–Crippen MR) is 151 cm³/mol. The average Bonchev–Trinajstić information content (AvgIpc) is 2.99. The van der Waals surface area contributed by atoms with E-state index >= 15 is 0 Å². The largest absolute Gasteiger partial charge is 0.473 e. The van der Waals surface area contributed by atoms with Crippen LogP contribution in [0.25, 0.3) is 11.1 Å². The number of hydrogen-bond donors (Lipinski definition) is 1. The zero-order valence-corrected chi connectivity index (χ0v) is 23.4. The lowest BCUT2D eigenvalue weighted by molar-refractivity contribution is -0.137. The van der Waals surface area contributed by atoms with Crippen molar-refractivity contribution < 1.29 is 32.2 Å². The van der Waals surface area contributed by atoms with Gasteiger partial charge in [0.15, 0.2) is 0 Å². The third kappa shape index (κ3) is 6.81. The van der Waals surface area contributed by atoms with E-state index in [-0.39, 0.29) is 17.6 Å². The number of aryl methyl sites for hydroxylation is 1. The molecule has 1 N–H and O–H groups in total. The van der Waals surface area contributed by atoms with Gasteiger partial charge in [0.05, 0.1) is 30.7 Å². The van der Waals surface area contributed by atoms with Gasteiger partial charge in [-0.25, -0.2) is 4.98 Å². The second-order valence-electron chi connectivity index (χ2n) is 10.4. The molecular weight excluding hydrogens is 551 g/mol. The van der Waals surface area contributed by atoms with Gasteiger partial charge in [-0.2, -0.15) is 13.2 Å². The summed E-state index contributed by atoms with van der Waals surface area (Å²) in [5, 5.41) is 2.66. The molecule has 42 heavy (non-hydrogen) atoms. The van der Waals surface area contributed by atoms with E-state index < -0.39 is 17.6 Å². The van der Waals surface area contributed by atoms with Crippen LogP contribution >= 0.6 is 0 Å². The third-order valence-electron chi connectivity index (χ3n) is 7.46. The number of hydrogen-bond acceptors (Lipinski definition) is 7. The van der Waals surface area contributed by atoms with Crippen molar-refractivity contribution in [2.45, 2.75) is 39.0 Å². The fourth-order valence-corrected chi connectivity index (χ4v) is 5.09. The summed E-state index contributed by atoms with van der Waals surface area (Å²) < 4.78 is 51.3. The Hall–Kier alpha value is -4.19. The number of aromatic nitrogens is 2. The summed E-state index contributed by atoms with van der Waals surface area (Å²) in [6.45, 7) is 7.12. The molecule has 222 valence electrons. The quantitative estimate of drug-likeness (QED) is 0.439. The number of morpholine rings is 1. The van der Waals surface area contributed by atoms with Crippen LogP contribution < -0.4 is 15.0 Å². The highest BCUT2D eigenvalue weighted by Gasteiger charge is 2.31. The van der Waals surface area contributed by atoms with Crippen LogP contribution in [-0.4, -0.2) is 72.2 Å². The maximum atomic E-state index is 13.1. The molecule has 2 fully saturated rings. The Kier molecular flexibility index (Phi) is 8.62. The van der Waals surface area contributed by atoms with Gasteiger partial charge in [0.2, 0.25) is 11.8 Å². The Morgan fingerprint density at radius 3 is 2.45 bits per heavy atom. The summed E-state index contributed by atoms with van der Waals surface area (Å²) in [6, 6.07) is 7.97. The van der Waals surface area contributed by atoms with E-state index in [9.17, 15) is 22.8 Å². The molecule has 2 aliphatic rings. The van der Waals surface area contributed by atoms with Crippen molar-refractivity contribution in [1.29, 1.82) is 0 Å². The van der Waals surface area contributed by atoms with E-state index in [0.29, 0.717) is 75.1 Å². The Bertz CT molecular complexity index is 1450. The van der Waals surface area contributed by atoms with E-state index in [0.717, 1.165) is 23.4 Å². The molecule has 4 heterocycles. The molecule has 2 amide bonds. The summed E-state index contributed by atoms with van der Waals surface area (Å²) in [5.74, 6) is -0.117. The number of benzene rings is 1. The van der Waals surface area contributed by atoms with E-state index in [1.807, 2.05) is 17.9 Å². The van der Waals surface area contributed by atoms with E-state index in [1.54, 1.807) is 19.2 Å². The van der Waals surface area contributed by atoms with Crippen LogP contribution in [0.3, 0.4) is 0 Å². The van der Waals surface area contributed by atoms with Gasteiger partial charge in [-0.3, -0.25) is 14.6 Å². The zero-order valence-electron chi connectivity index (χ0n) is 23.4. The Morgan fingerprint density at radius 2 is 1.76 bits per heavy atom. The molecule has 2 saturated heterocycles. The van der Waals surface area contributed by atoms with Crippen molar-refractivity contribution in [1.82, 2.24) is 14.9 Å². The number of ether oxygens (including phenoxy) is 2. The fourth-order valence-electron chi connectivity index (χ4n) is 5.09. The van der Waals surface area contributed by atoms with Gasteiger partial charge in [-0.1, -0.05) is 6.07 Å². The molecule has 1 aromatic carbocycles. The van der Waals surface area contributed by atoms with Gasteiger partial charge >= 0.3 is 6.18 Å². The Labute approximate surface area is 241 Å². The number of anilines is 2. The zero-order chi connectivity index (χ0) is 29.9. The smallest absolute Gasteiger partial charge is 0.416 e. The molecule has 3 aromatic rings. The lowest BCUT2D eigenvalue weighted by Gasteiger charge is -2.34. The van der Waals surface area contributed by atoms with Gasteiger partial charge in [-0.15, -0.1) is 0 Å². The van der Waals surface area contributed by atoms with Crippen LogP contribution in [-0.2, 0) is 15.7 Å². The minimum atomic E-state index is -4.55. The Balaban J connectivity index is 1.39. The lowest BCUT2D eigenvalue weighted by atomic mass is 10.0. The molecule has 2 aromatic heterocycles. The fraction of sp³-hybridized carbons (Fsp3) is 0.400. The van der Waals surface area contributed by atoms with Gasteiger partial charge in [-0.05, 0) is 37.3 Å². The number of carbonyl (C=O) groups is 2. The molecule has 0 bridgehead atoms. The van der Waals surface area contributed by atoms with Crippen LogP contribution in [0.4, 0.5) is 24.5 Å². The molecule has 0 spiro atoms. The van der Waals surface area contributed by atoms with Crippen molar-refractivity contribution in [2.75, 3.05) is 49.6 Å². The number of piperidine rings is 1. The summed E-state index contributed by atoms with van der Waals surface area (Å²) in [6.07, 6.45) is -0.0546. The van der Waals surface area contributed by atoms with Crippen molar-refractivity contribution in [3.8, 4) is 17.0 Å².